The summed E-state index contributed by atoms with van der Waals surface area (Å²) in [5.74, 6) is 0. The Morgan fingerprint density at radius 2 is 0.472 bits per heavy atom. The van der Waals surface area contributed by atoms with Gasteiger partial charge in [0.1, 0.15) is 0 Å². The molecule has 0 N–H and O–H groups in total. The molecule has 0 nitrogen and oxygen atoms in total. The highest BCUT2D eigenvalue weighted by Gasteiger charge is 2.13. The highest BCUT2D eigenvalue weighted by molar-refractivity contribution is 7.80. The lowest BCUT2D eigenvalue weighted by Gasteiger charge is -2.18. The van der Waals surface area contributed by atoms with Gasteiger partial charge in [-0.05, 0) is 69.3 Å². The van der Waals surface area contributed by atoms with Gasteiger partial charge in [0.15, 0.2) is 0 Å². The fourth-order valence-corrected chi connectivity index (χ4v) is 3.33. The molecule has 0 unspecified atom stereocenters. The van der Waals surface area contributed by atoms with Gasteiger partial charge in [-0.2, -0.15) is 0 Å². The quantitative estimate of drug-likeness (QED) is 0.225. The fourth-order valence-electron chi connectivity index (χ4n) is 2.88. The summed E-state index contributed by atoms with van der Waals surface area (Å²) in [6.07, 6.45) is 0. The molecule has 0 amide bonds. The predicted molar refractivity (Wildman–Crippen MR) is 165 cm³/mol. The van der Waals surface area contributed by atoms with Crippen LogP contribution in [0.3, 0.4) is 0 Å². The third-order valence-electron chi connectivity index (χ3n) is 5.20. The van der Waals surface area contributed by atoms with E-state index in [9.17, 15) is 0 Å². The molecule has 0 aromatic heterocycles. The van der Waals surface area contributed by atoms with E-state index in [-0.39, 0.29) is 30.4 Å². The molecular formula is C30H45F3S3. The maximum Gasteiger partial charge on any atom is 0.00401 e. The van der Waals surface area contributed by atoms with Crippen molar-refractivity contribution in [3.8, 4) is 0 Å². The first-order valence-corrected chi connectivity index (χ1v) is 12.7. The normalized spacial score (nSPS) is 10.7. The van der Waals surface area contributed by atoms with Gasteiger partial charge in [-0.25, -0.2) is 0 Å². The van der Waals surface area contributed by atoms with Crippen molar-refractivity contribution in [3.05, 3.63) is 89.5 Å². The average molecular weight is 559 g/mol. The molecular weight excluding hydrogens is 514 g/mol. The fraction of sp³-hybridized carbons (Fsp3) is 0.400. The second-order valence-electron chi connectivity index (χ2n) is 11.4. The summed E-state index contributed by atoms with van der Waals surface area (Å²) in [6.45, 7) is 19.9. The van der Waals surface area contributed by atoms with Crippen molar-refractivity contribution in [1.29, 1.82) is 0 Å². The van der Waals surface area contributed by atoms with Crippen molar-refractivity contribution in [1.82, 2.24) is 0 Å². The molecule has 0 radical (unpaired) electrons. The van der Waals surface area contributed by atoms with Crippen LogP contribution in [0.4, 0.5) is 14.1 Å². The van der Waals surface area contributed by atoms with E-state index < -0.39 is 0 Å². The van der Waals surface area contributed by atoms with Crippen LogP contribution in [0.1, 0.15) is 79.0 Å². The van der Waals surface area contributed by atoms with Gasteiger partial charge in [-0.1, -0.05) is 98.7 Å². The number of halogens is 3. The lowest BCUT2D eigenvalue weighted by molar-refractivity contribution is 0.589. The van der Waals surface area contributed by atoms with E-state index in [1.54, 1.807) is 0 Å². The van der Waals surface area contributed by atoms with Gasteiger partial charge in [0.25, 0.3) is 0 Å². The van der Waals surface area contributed by atoms with Crippen LogP contribution in [0, 0.1) is 0 Å². The number of rotatable bonds is 0. The summed E-state index contributed by atoms with van der Waals surface area (Å²) in [5.41, 5.74) is 4.82. The van der Waals surface area contributed by atoms with Crippen LogP contribution in [0.25, 0.3) is 0 Å². The molecule has 3 aromatic rings. The molecule has 0 spiro atoms. The molecule has 0 bridgehead atoms. The van der Waals surface area contributed by atoms with E-state index in [0.29, 0.717) is 0 Å². The topological polar surface area (TPSA) is 0 Å². The molecule has 6 heteroatoms. The average Bonchev–Trinajstić information content (AvgIpc) is 2.68. The number of thiol groups is 3. The molecule has 0 saturated carbocycles. The molecule has 0 aliphatic carbocycles. The molecule has 3 aromatic carbocycles. The summed E-state index contributed by atoms with van der Waals surface area (Å²) in [7, 11) is 0. The molecule has 0 heterocycles. The third kappa shape index (κ3) is 14.9. The van der Waals surface area contributed by atoms with E-state index in [1.165, 1.54) is 16.7 Å². The maximum atomic E-state index is 4.23. The Morgan fingerprint density at radius 1 is 0.333 bits per heavy atom. The van der Waals surface area contributed by atoms with Crippen LogP contribution >= 0.6 is 37.9 Å². The monoisotopic (exact) mass is 558 g/mol. The number of benzene rings is 3. The Kier molecular flexibility index (Phi) is 17.7. The molecule has 0 aliphatic heterocycles. The van der Waals surface area contributed by atoms with Gasteiger partial charge in [0.05, 0.1) is 0 Å². The molecule has 0 aliphatic rings. The van der Waals surface area contributed by atoms with Gasteiger partial charge in [0.2, 0.25) is 0 Å². The van der Waals surface area contributed by atoms with Gasteiger partial charge in [-0.15, -0.1) is 37.9 Å². The Morgan fingerprint density at radius 3 is 0.583 bits per heavy atom. The van der Waals surface area contributed by atoms with Crippen LogP contribution in [0.2, 0.25) is 0 Å². The second-order valence-corrected chi connectivity index (χ2v) is 12.9. The van der Waals surface area contributed by atoms with E-state index in [4.69, 9.17) is 0 Å². The second kappa shape index (κ2) is 16.4. The molecule has 0 atom stereocenters. The zero-order chi connectivity index (χ0) is 25.4. The first-order valence-electron chi connectivity index (χ1n) is 11.4. The van der Waals surface area contributed by atoms with Gasteiger partial charge in [-0.3, -0.25) is 14.1 Å². The molecule has 36 heavy (non-hydrogen) atoms. The smallest absolute Gasteiger partial charge is 0.00401 e. The Labute approximate surface area is 234 Å². The van der Waals surface area contributed by atoms with Crippen molar-refractivity contribution in [3.63, 3.8) is 0 Å². The van der Waals surface area contributed by atoms with Gasteiger partial charge in [0, 0.05) is 14.7 Å². The minimum atomic E-state index is 0. The first-order chi connectivity index (χ1) is 15.0. The zero-order valence-electron chi connectivity index (χ0n) is 23.0. The highest BCUT2D eigenvalue weighted by Crippen LogP contribution is 2.24. The molecule has 0 fully saturated rings. The van der Waals surface area contributed by atoms with E-state index >= 15 is 0 Å². The van der Waals surface area contributed by atoms with Crippen LogP contribution in [0.15, 0.2) is 87.5 Å². The Hall–Kier alpha value is -1.50. The third-order valence-corrected chi connectivity index (χ3v) is 6.09. The predicted octanol–water partition coefficient (Wildman–Crippen LogP) is 10.3. The van der Waals surface area contributed by atoms with E-state index in [1.807, 2.05) is 36.4 Å². The van der Waals surface area contributed by atoms with Gasteiger partial charge < -0.3 is 0 Å². The maximum absolute atomic E-state index is 4.23. The minimum absolute atomic E-state index is 0. The first kappa shape index (κ1) is 39.0. The lowest BCUT2D eigenvalue weighted by Crippen LogP contribution is -2.10. The van der Waals surface area contributed by atoms with Crippen molar-refractivity contribution in [2.45, 2.75) is 93.2 Å². The Bertz CT molecular complexity index is 831. The van der Waals surface area contributed by atoms with Crippen molar-refractivity contribution < 1.29 is 14.1 Å². The molecule has 204 valence electrons. The van der Waals surface area contributed by atoms with Crippen molar-refractivity contribution in [2.75, 3.05) is 0 Å². The zero-order valence-corrected chi connectivity index (χ0v) is 25.7. The lowest BCUT2D eigenvalue weighted by atomic mass is 9.87. The standard InChI is InChI=1S/3C10H14S.3FH/c3*1-10(2,3)8-4-6-9(11)7-5-8;;;/h3*4-7,11H,1-3H3;3*1H. The van der Waals surface area contributed by atoms with Crippen LogP contribution in [0.5, 0.6) is 0 Å². The minimum Gasteiger partial charge on any atom is -0.269 e. The summed E-state index contributed by atoms with van der Waals surface area (Å²) < 4.78 is 0. The van der Waals surface area contributed by atoms with Crippen LogP contribution in [-0.2, 0) is 16.2 Å². The summed E-state index contributed by atoms with van der Waals surface area (Å²) in [6, 6.07) is 25.0. The van der Waals surface area contributed by atoms with Gasteiger partial charge >= 0.3 is 0 Å². The largest absolute Gasteiger partial charge is 0.269 e. The molecule has 3 rings (SSSR count). The number of hydrogen-bond donors (Lipinski definition) is 3. The Balaban J connectivity index is -0.000000436. The summed E-state index contributed by atoms with van der Waals surface area (Å²) in [5, 5.41) is 0. The molecule has 0 saturated heterocycles. The summed E-state index contributed by atoms with van der Waals surface area (Å²) >= 11 is 12.7. The number of hydrogen-bond acceptors (Lipinski definition) is 3. The van der Waals surface area contributed by atoms with E-state index in [2.05, 4.69) is 137 Å². The summed E-state index contributed by atoms with van der Waals surface area (Å²) in [4.78, 5) is 3.08. The van der Waals surface area contributed by atoms with Crippen LogP contribution < -0.4 is 0 Å². The SMILES string of the molecule is CC(C)(C)c1ccc(S)cc1.CC(C)(C)c1ccc(S)cc1.CC(C)(C)c1ccc(S)cc1.F.F.F. The van der Waals surface area contributed by atoms with Crippen LogP contribution in [-0.4, -0.2) is 0 Å². The van der Waals surface area contributed by atoms with E-state index in [0.717, 1.165) is 14.7 Å². The highest BCUT2D eigenvalue weighted by atomic mass is 32.1. The van der Waals surface area contributed by atoms with Crippen molar-refractivity contribution >= 4 is 37.9 Å². The van der Waals surface area contributed by atoms with Crippen molar-refractivity contribution in [2.24, 2.45) is 0 Å².